The number of allylic oxidation sites excluding steroid dienone is 3. The summed E-state index contributed by atoms with van der Waals surface area (Å²) < 4.78 is 0. The molecule has 0 spiro atoms. The monoisotopic (exact) mass is 858 g/mol. The van der Waals surface area contributed by atoms with Crippen LogP contribution in [0.1, 0.15) is 96.9 Å². The number of H-pyrrole nitrogens is 2. The lowest BCUT2D eigenvalue weighted by atomic mass is 9.96. The van der Waals surface area contributed by atoms with Crippen molar-refractivity contribution < 1.29 is 69.3 Å². The van der Waals surface area contributed by atoms with E-state index in [9.17, 15) is 69.3 Å². The predicted molar refractivity (Wildman–Crippen MR) is 215 cm³/mol. The molecule has 18 nitrogen and oxygen atoms in total. The van der Waals surface area contributed by atoms with E-state index in [0.717, 1.165) is 0 Å². The summed E-state index contributed by atoms with van der Waals surface area (Å²) in [6, 6.07) is 5.90. The molecule has 0 unspecified atom stereocenters. The molecule has 3 aromatic rings. The van der Waals surface area contributed by atoms with Crippen LogP contribution in [0.4, 0.5) is 0 Å². The number of hydrogen-bond donors (Lipinski definition) is 9. The van der Waals surface area contributed by atoms with Crippen LogP contribution in [0.2, 0.25) is 0 Å². The van der Waals surface area contributed by atoms with E-state index in [1.165, 1.54) is 24.3 Å². The normalized spacial score (nSPS) is 12.1. The minimum atomic E-state index is -1.29. The molecular weight excluding hydrogens is 819 g/mol. The third-order valence-corrected chi connectivity index (χ3v) is 9.64. The minimum absolute atomic E-state index is 0. The second-order valence-electron chi connectivity index (χ2n) is 13.5. The van der Waals surface area contributed by atoms with Gasteiger partial charge in [0.1, 0.15) is 0 Å². The van der Waals surface area contributed by atoms with E-state index >= 15 is 0 Å². The number of carbonyl (C=O) groups is 7. The largest absolute Gasteiger partial charge is 0.481 e. The Morgan fingerprint density at radius 3 is 1.24 bits per heavy atom. The summed E-state index contributed by atoms with van der Waals surface area (Å²) in [5, 5.41) is 68.4. The third-order valence-electron chi connectivity index (χ3n) is 9.64. The summed E-state index contributed by atoms with van der Waals surface area (Å²) >= 11 is 0. The van der Waals surface area contributed by atoms with Crippen LogP contribution in [0.25, 0.3) is 44.4 Å². The van der Waals surface area contributed by atoms with Crippen LogP contribution in [0, 0.1) is 0 Å². The van der Waals surface area contributed by atoms with Gasteiger partial charge in [-0.05, 0) is 101 Å². The molecule has 314 valence electrons. The number of carboxylic acid groups (broad SMARTS) is 7. The van der Waals surface area contributed by atoms with Gasteiger partial charge in [-0.2, -0.15) is 0 Å². The number of aryl methyl sites for hydroxylation is 2. The fourth-order valence-electron chi connectivity index (χ4n) is 7.13. The lowest BCUT2D eigenvalue weighted by Crippen LogP contribution is -2.05. The Morgan fingerprint density at radius 2 is 0.780 bits per heavy atom. The molecule has 0 aromatic carbocycles. The maximum absolute atomic E-state index is 12.3. The quantitative estimate of drug-likeness (QED) is 0.0763. The highest BCUT2D eigenvalue weighted by Gasteiger charge is 2.26. The van der Waals surface area contributed by atoms with E-state index < -0.39 is 80.3 Å². The molecule has 0 atom stereocenters. The van der Waals surface area contributed by atoms with Crippen LogP contribution in [-0.4, -0.2) is 97.5 Å². The molecule has 0 aliphatic carbocycles. The Kier molecular flexibility index (Phi) is 15.7. The molecule has 5 rings (SSSR count). The van der Waals surface area contributed by atoms with Crippen LogP contribution in [-0.2, 0) is 59.2 Å². The molecule has 0 saturated carbocycles. The smallest absolute Gasteiger partial charge is 0.307 e. The summed E-state index contributed by atoms with van der Waals surface area (Å²) in [6.07, 6.45) is -3.90. The van der Waals surface area contributed by atoms with Crippen molar-refractivity contribution in [3.8, 4) is 0 Å². The van der Waals surface area contributed by atoms with Gasteiger partial charge < -0.3 is 45.7 Å². The number of halogens is 2. The second-order valence-corrected chi connectivity index (χ2v) is 13.5. The molecular formula is C39H40Cl2N4O14. The molecule has 2 aliphatic rings. The molecule has 3 aromatic heterocycles. The van der Waals surface area contributed by atoms with E-state index in [1.807, 2.05) is 0 Å². The van der Waals surface area contributed by atoms with Gasteiger partial charge in [0, 0.05) is 47.8 Å². The average Bonchev–Trinajstić information content (AvgIpc) is 3.77. The first-order valence-corrected chi connectivity index (χ1v) is 17.6. The number of aromatic nitrogens is 4. The fourth-order valence-corrected chi connectivity index (χ4v) is 7.13. The number of fused-ring (bicyclic) bond motifs is 8. The van der Waals surface area contributed by atoms with Crippen molar-refractivity contribution in [1.82, 2.24) is 19.9 Å². The van der Waals surface area contributed by atoms with Gasteiger partial charge in [0.15, 0.2) is 0 Å². The molecule has 20 heteroatoms. The highest BCUT2D eigenvalue weighted by molar-refractivity contribution is 6.01. The van der Waals surface area contributed by atoms with Gasteiger partial charge in [-0.3, -0.25) is 33.6 Å². The van der Waals surface area contributed by atoms with Gasteiger partial charge in [0.2, 0.25) is 0 Å². The molecule has 5 heterocycles. The van der Waals surface area contributed by atoms with Gasteiger partial charge in [0.05, 0.1) is 42.0 Å². The number of nitrogens with one attached hydrogen (secondary N) is 2. The van der Waals surface area contributed by atoms with Crippen molar-refractivity contribution in [3.05, 3.63) is 69.3 Å². The van der Waals surface area contributed by atoms with Gasteiger partial charge in [-0.15, -0.1) is 24.8 Å². The van der Waals surface area contributed by atoms with Gasteiger partial charge in [0.25, 0.3) is 0 Å². The van der Waals surface area contributed by atoms with Crippen molar-refractivity contribution in [2.24, 2.45) is 0 Å². The first-order chi connectivity index (χ1) is 26.9. The van der Waals surface area contributed by atoms with Crippen molar-refractivity contribution in [1.29, 1.82) is 0 Å². The molecule has 59 heavy (non-hydrogen) atoms. The average molecular weight is 860 g/mol. The second kappa shape index (κ2) is 19.8. The Labute approximate surface area is 346 Å². The summed E-state index contributed by atoms with van der Waals surface area (Å²) in [6.45, 7) is 1.68. The molecule has 0 fully saturated rings. The SMILES string of the molecule is CC1=C(CCC(=O)O)c2cc3[nH]c(cc4[nH]c(cc5nc(cc1n2)C(CCC(=O)O)=C5CC(=O)O)c(CCC(=O)O)c4CC(=O)O)c(CCC(=O)O)c3CC(=O)O.Cl.Cl. The highest BCUT2D eigenvalue weighted by atomic mass is 35.5. The lowest BCUT2D eigenvalue weighted by molar-refractivity contribution is -0.138. The Balaban J connectivity index is 0.00000465. The summed E-state index contributed by atoms with van der Waals surface area (Å²) in [4.78, 5) is 99.6. The molecule has 0 radical (unpaired) electrons. The topological polar surface area (TPSA) is 318 Å². The lowest BCUT2D eigenvalue weighted by Gasteiger charge is -2.06. The standard InChI is InChI=1S/C39H38N4O14.2ClH/c1-17-18(2-6-33(44)45)26-14-30-23(11-38(54)55)20(4-8-35(48)49)28(42-30)16-32-24(12-39(56)57)21(5-9-36(50)51)29(43-32)15-31-22(10-37(52)53)19(3-7-34(46)47)27(41-31)13-25(17)40-26;;/h13-16,42-43H,2-12H2,1H3,(H,44,45)(H,46,47)(H,48,49)(H,50,51)(H,52,53)(H,54,55)(H,56,57);2*1H. The van der Waals surface area contributed by atoms with Crippen molar-refractivity contribution in [3.63, 3.8) is 0 Å². The van der Waals surface area contributed by atoms with E-state index in [-0.39, 0.29) is 135 Å². The van der Waals surface area contributed by atoms with E-state index in [1.54, 1.807) is 6.92 Å². The van der Waals surface area contributed by atoms with Gasteiger partial charge in [-0.1, -0.05) is 0 Å². The van der Waals surface area contributed by atoms with E-state index in [2.05, 4.69) is 9.97 Å². The van der Waals surface area contributed by atoms with Crippen LogP contribution >= 0.6 is 24.8 Å². The van der Waals surface area contributed by atoms with Gasteiger partial charge >= 0.3 is 41.8 Å². The number of aromatic amines is 2. The number of aliphatic carboxylic acids is 7. The molecule has 0 saturated heterocycles. The Hall–Kier alpha value is -6.53. The zero-order chi connectivity index (χ0) is 41.7. The number of nitrogens with zero attached hydrogens (tertiary/aromatic N) is 2. The van der Waals surface area contributed by atoms with Crippen molar-refractivity contribution in [2.45, 2.75) is 77.6 Å². The van der Waals surface area contributed by atoms with Gasteiger partial charge in [-0.25, -0.2) is 9.97 Å². The first-order valence-electron chi connectivity index (χ1n) is 17.6. The summed E-state index contributed by atoms with van der Waals surface area (Å²) in [7, 11) is 0. The fraction of sp³-hybridized carbons (Fsp3) is 0.308. The minimum Gasteiger partial charge on any atom is -0.481 e. The van der Waals surface area contributed by atoms with E-state index in [0.29, 0.717) is 11.1 Å². The predicted octanol–water partition coefficient (Wildman–Crippen LogP) is 5.49. The number of rotatable bonds is 18. The van der Waals surface area contributed by atoms with Crippen LogP contribution in [0.3, 0.4) is 0 Å². The molecule has 8 bridgehead atoms. The van der Waals surface area contributed by atoms with Crippen LogP contribution in [0.5, 0.6) is 0 Å². The Morgan fingerprint density at radius 1 is 0.424 bits per heavy atom. The zero-order valence-corrected chi connectivity index (χ0v) is 32.9. The highest BCUT2D eigenvalue weighted by Crippen LogP contribution is 2.39. The maximum Gasteiger partial charge on any atom is 0.307 e. The van der Waals surface area contributed by atoms with Crippen molar-refractivity contribution >= 4 is 111 Å². The molecule has 9 N–H and O–H groups in total. The summed E-state index contributed by atoms with van der Waals surface area (Å²) in [5.41, 5.74) is 3.68. The molecule has 2 aliphatic heterocycles. The molecule has 0 amide bonds. The third kappa shape index (κ3) is 11.3. The first kappa shape index (κ1) is 46.8. The summed E-state index contributed by atoms with van der Waals surface area (Å²) in [5.74, 6) is -8.48. The van der Waals surface area contributed by atoms with Crippen LogP contribution < -0.4 is 0 Å². The van der Waals surface area contributed by atoms with Crippen molar-refractivity contribution in [2.75, 3.05) is 0 Å². The number of hydrogen-bond acceptors (Lipinski definition) is 9. The van der Waals surface area contributed by atoms with E-state index in [4.69, 9.17) is 9.97 Å². The zero-order valence-electron chi connectivity index (χ0n) is 31.3. The number of carboxylic acids is 7. The maximum atomic E-state index is 12.3. The van der Waals surface area contributed by atoms with Crippen LogP contribution in [0.15, 0.2) is 24.3 Å². The Bertz CT molecular complexity index is 2480.